The summed E-state index contributed by atoms with van der Waals surface area (Å²) in [6.07, 6.45) is 0. The Bertz CT molecular complexity index is 344. The van der Waals surface area contributed by atoms with E-state index in [0.717, 1.165) is 13.1 Å². The summed E-state index contributed by atoms with van der Waals surface area (Å²) in [5.41, 5.74) is 6.37. The van der Waals surface area contributed by atoms with Crippen LogP contribution in [0.4, 0.5) is 4.79 Å². The lowest BCUT2D eigenvalue weighted by Crippen LogP contribution is -2.42. The van der Waals surface area contributed by atoms with E-state index in [2.05, 4.69) is 22.8 Å². The van der Waals surface area contributed by atoms with Crippen molar-refractivity contribution in [3.63, 3.8) is 0 Å². The molecule has 1 aliphatic rings. The van der Waals surface area contributed by atoms with Gasteiger partial charge in [0.2, 0.25) is 0 Å². The summed E-state index contributed by atoms with van der Waals surface area (Å²) in [4.78, 5) is 10.8. The Kier molecular flexibility index (Phi) is 4.58. The second-order valence-electron chi connectivity index (χ2n) is 3.79. The van der Waals surface area contributed by atoms with Crippen LogP contribution in [-0.2, 0) is 0 Å². The molecule has 1 saturated heterocycles. The highest BCUT2D eigenvalue weighted by Crippen LogP contribution is 2.22. The van der Waals surface area contributed by atoms with Crippen molar-refractivity contribution < 1.29 is 4.79 Å². The van der Waals surface area contributed by atoms with Gasteiger partial charge in [0.1, 0.15) is 0 Å². The summed E-state index contributed by atoms with van der Waals surface area (Å²) in [5.74, 6) is 0.318. The van der Waals surface area contributed by atoms with Crippen molar-refractivity contribution >= 4 is 18.4 Å². The van der Waals surface area contributed by atoms with Gasteiger partial charge in [0, 0.05) is 19.0 Å². The van der Waals surface area contributed by atoms with E-state index in [4.69, 9.17) is 5.73 Å². The van der Waals surface area contributed by atoms with Gasteiger partial charge in [-0.1, -0.05) is 30.3 Å². The minimum absolute atomic E-state index is 0. The van der Waals surface area contributed by atoms with Crippen molar-refractivity contribution in [1.29, 1.82) is 0 Å². The highest BCUT2D eigenvalue weighted by atomic mass is 35.5. The zero-order valence-electron chi connectivity index (χ0n) is 8.85. The van der Waals surface area contributed by atoms with Crippen LogP contribution in [0, 0.1) is 0 Å². The molecule has 1 aliphatic heterocycles. The Morgan fingerprint density at radius 2 is 2.00 bits per heavy atom. The van der Waals surface area contributed by atoms with Gasteiger partial charge in [-0.05, 0) is 5.56 Å². The molecule has 88 valence electrons. The molecule has 0 unspecified atom stereocenters. The van der Waals surface area contributed by atoms with Crippen molar-refractivity contribution in [2.45, 2.75) is 12.0 Å². The number of rotatable bonds is 2. The number of urea groups is 1. The monoisotopic (exact) mass is 241 g/mol. The molecule has 0 saturated carbocycles. The third-order valence-electron chi connectivity index (χ3n) is 2.77. The number of hydrogen-bond acceptors (Lipinski definition) is 2. The van der Waals surface area contributed by atoms with Crippen molar-refractivity contribution in [2.75, 3.05) is 13.1 Å². The number of nitrogens with one attached hydrogen (secondary N) is 2. The van der Waals surface area contributed by atoms with Crippen LogP contribution in [0.1, 0.15) is 11.5 Å². The van der Waals surface area contributed by atoms with E-state index in [1.807, 2.05) is 18.2 Å². The van der Waals surface area contributed by atoms with Crippen LogP contribution in [0.3, 0.4) is 0 Å². The van der Waals surface area contributed by atoms with Crippen molar-refractivity contribution in [2.24, 2.45) is 5.73 Å². The van der Waals surface area contributed by atoms with Crippen molar-refractivity contribution in [3.05, 3.63) is 35.9 Å². The summed E-state index contributed by atoms with van der Waals surface area (Å²) < 4.78 is 0. The Morgan fingerprint density at radius 3 is 2.62 bits per heavy atom. The predicted octanol–water partition coefficient (Wildman–Crippen LogP) is 0.832. The van der Waals surface area contributed by atoms with E-state index in [1.54, 1.807) is 0 Å². The molecule has 4 nitrogen and oxygen atoms in total. The third kappa shape index (κ3) is 2.87. The van der Waals surface area contributed by atoms with Crippen LogP contribution < -0.4 is 16.4 Å². The van der Waals surface area contributed by atoms with Crippen LogP contribution in [0.15, 0.2) is 30.3 Å². The topological polar surface area (TPSA) is 67.2 Å². The molecule has 1 aromatic rings. The normalized spacial score (nSPS) is 23.5. The summed E-state index contributed by atoms with van der Waals surface area (Å²) in [5, 5.41) is 6.02. The molecular weight excluding hydrogens is 226 g/mol. The lowest BCUT2D eigenvalue weighted by molar-refractivity contribution is 0.245. The van der Waals surface area contributed by atoms with E-state index < -0.39 is 6.03 Å². The van der Waals surface area contributed by atoms with Gasteiger partial charge in [0.25, 0.3) is 0 Å². The fraction of sp³-hybridized carbons (Fsp3) is 0.364. The Hall–Kier alpha value is -1.26. The second kappa shape index (κ2) is 5.72. The highest BCUT2D eigenvalue weighted by molar-refractivity contribution is 5.85. The number of carbonyl (C=O) groups excluding carboxylic acids is 1. The van der Waals surface area contributed by atoms with Gasteiger partial charge < -0.3 is 16.4 Å². The van der Waals surface area contributed by atoms with Crippen LogP contribution in [-0.4, -0.2) is 25.2 Å². The van der Waals surface area contributed by atoms with Crippen LogP contribution >= 0.6 is 12.4 Å². The number of benzene rings is 1. The number of hydrogen-bond donors (Lipinski definition) is 3. The molecule has 0 bridgehead atoms. The van der Waals surface area contributed by atoms with Gasteiger partial charge in [0.15, 0.2) is 0 Å². The molecule has 0 radical (unpaired) electrons. The summed E-state index contributed by atoms with van der Waals surface area (Å²) in [6.45, 7) is 1.66. The molecule has 2 amide bonds. The first-order chi connectivity index (χ1) is 7.27. The average molecular weight is 242 g/mol. The molecule has 1 fully saturated rings. The minimum Gasteiger partial charge on any atom is -0.352 e. The molecule has 4 N–H and O–H groups in total. The molecule has 0 spiro atoms. The van der Waals surface area contributed by atoms with Crippen molar-refractivity contribution in [3.8, 4) is 0 Å². The minimum atomic E-state index is -0.454. The smallest absolute Gasteiger partial charge is 0.312 e. The Labute approximate surface area is 101 Å². The van der Waals surface area contributed by atoms with Gasteiger partial charge in [-0.25, -0.2) is 4.79 Å². The molecule has 0 aliphatic carbocycles. The number of halogens is 1. The number of nitrogens with two attached hydrogens (primary N) is 1. The lowest BCUT2D eigenvalue weighted by Gasteiger charge is -2.19. The fourth-order valence-corrected chi connectivity index (χ4v) is 2.06. The Morgan fingerprint density at radius 1 is 1.31 bits per heavy atom. The van der Waals surface area contributed by atoms with E-state index in [1.165, 1.54) is 5.56 Å². The number of carbonyl (C=O) groups is 1. The first-order valence-electron chi connectivity index (χ1n) is 5.09. The fourth-order valence-electron chi connectivity index (χ4n) is 2.06. The second-order valence-corrected chi connectivity index (χ2v) is 3.79. The van der Waals surface area contributed by atoms with Gasteiger partial charge in [0.05, 0.1) is 6.04 Å². The first kappa shape index (κ1) is 12.8. The maximum absolute atomic E-state index is 10.8. The molecule has 5 heteroatoms. The molecule has 1 heterocycles. The lowest BCUT2D eigenvalue weighted by atomic mass is 9.94. The van der Waals surface area contributed by atoms with Crippen molar-refractivity contribution in [1.82, 2.24) is 10.6 Å². The average Bonchev–Trinajstić information content (AvgIpc) is 2.66. The molecular formula is C11H16ClN3O. The van der Waals surface area contributed by atoms with E-state index >= 15 is 0 Å². The highest BCUT2D eigenvalue weighted by Gasteiger charge is 2.28. The van der Waals surface area contributed by atoms with E-state index in [0.29, 0.717) is 5.92 Å². The maximum atomic E-state index is 10.8. The largest absolute Gasteiger partial charge is 0.352 e. The van der Waals surface area contributed by atoms with Crippen LogP contribution in [0.5, 0.6) is 0 Å². The summed E-state index contributed by atoms with van der Waals surface area (Å²) in [7, 11) is 0. The van der Waals surface area contributed by atoms with E-state index in [9.17, 15) is 4.79 Å². The van der Waals surface area contributed by atoms with Gasteiger partial charge in [-0.3, -0.25) is 0 Å². The van der Waals surface area contributed by atoms with Gasteiger partial charge in [-0.15, -0.1) is 12.4 Å². The van der Waals surface area contributed by atoms with Crippen LogP contribution in [0.2, 0.25) is 0 Å². The SMILES string of the molecule is Cl.NC(=O)N[C@@H]1CNC[C@H]1c1ccccc1. The predicted molar refractivity (Wildman–Crippen MR) is 65.8 cm³/mol. The molecule has 2 rings (SSSR count). The zero-order valence-corrected chi connectivity index (χ0v) is 9.67. The zero-order chi connectivity index (χ0) is 10.7. The first-order valence-corrected chi connectivity index (χ1v) is 5.09. The van der Waals surface area contributed by atoms with E-state index in [-0.39, 0.29) is 18.4 Å². The van der Waals surface area contributed by atoms with Gasteiger partial charge in [-0.2, -0.15) is 0 Å². The van der Waals surface area contributed by atoms with Crippen LogP contribution in [0.25, 0.3) is 0 Å². The molecule has 0 aromatic heterocycles. The Balaban J connectivity index is 0.00000128. The standard InChI is InChI=1S/C11H15N3O.ClH/c12-11(15)14-10-7-13-6-9(10)8-4-2-1-3-5-8;/h1-5,9-10,13H,6-7H2,(H3,12,14,15);1H/t9-,10+;/m0./s1. The third-order valence-corrected chi connectivity index (χ3v) is 2.77. The number of amides is 2. The summed E-state index contributed by atoms with van der Waals surface area (Å²) in [6, 6.07) is 9.81. The number of primary amides is 1. The maximum Gasteiger partial charge on any atom is 0.312 e. The molecule has 1 aromatic carbocycles. The summed E-state index contributed by atoms with van der Waals surface area (Å²) >= 11 is 0. The van der Waals surface area contributed by atoms with Gasteiger partial charge >= 0.3 is 6.03 Å². The molecule has 2 atom stereocenters. The molecule has 16 heavy (non-hydrogen) atoms. The quantitative estimate of drug-likeness (QED) is 0.718.